The summed E-state index contributed by atoms with van der Waals surface area (Å²) in [6.45, 7) is 15.3. The number of fused-ring (bicyclic) bond motifs is 1. The lowest BCUT2D eigenvalue weighted by molar-refractivity contribution is 0.103. The molecule has 0 spiro atoms. The van der Waals surface area contributed by atoms with Crippen molar-refractivity contribution < 1.29 is 31.7 Å². The molecule has 0 unspecified atom stereocenters. The number of halogens is 1. The zero-order valence-corrected chi connectivity index (χ0v) is 33.4. The van der Waals surface area contributed by atoms with Crippen molar-refractivity contribution in [2.45, 2.75) is 103 Å². The number of ketones is 1. The van der Waals surface area contributed by atoms with Crippen molar-refractivity contribution in [1.29, 1.82) is 0 Å². The van der Waals surface area contributed by atoms with E-state index in [1.165, 1.54) is 28.8 Å². The van der Waals surface area contributed by atoms with E-state index in [4.69, 9.17) is 25.3 Å². The van der Waals surface area contributed by atoms with Gasteiger partial charge in [0.15, 0.2) is 0 Å². The fourth-order valence-corrected chi connectivity index (χ4v) is 15.5. The summed E-state index contributed by atoms with van der Waals surface area (Å²) >= 11 is 7.66. The summed E-state index contributed by atoms with van der Waals surface area (Å²) in [6, 6.07) is 6.48. The van der Waals surface area contributed by atoms with Crippen molar-refractivity contribution in [1.82, 2.24) is 14.9 Å². The number of carboxylic acid groups (broad SMARTS) is 1. The number of carbonyl (C=O) groups excluding carboxylic acids is 1. The molecule has 3 heterocycles. The number of hydrogen-bond acceptors (Lipinski definition) is 10. The van der Waals surface area contributed by atoms with Crippen molar-refractivity contribution in [2.75, 3.05) is 18.5 Å². The Bertz CT molecular complexity index is 1850. The molecule has 4 atom stereocenters. The second-order valence-electron chi connectivity index (χ2n) is 14.5. The second kappa shape index (κ2) is 15.6. The van der Waals surface area contributed by atoms with Gasteiger partial charge in [0, 0.05) is 34.6 Å². The Hall–Kier alpha value is -2.92. The predicted octanol–water partition coefficient (Wildman–Crippen LogP) is 7.33. The lowest BCUT2D eigenvalue weighted by Gasteiger charge is -2.45. The van der Waals surface area contributed by atoms with Crippen LogP contribution in [0.5, 0.6) is 0 Å². The molecule has 51 heavy (non-hydrogen) atoms. The van der Waals surface area contributed by atoms with Gasteiger partial charge in [0.1, 0.15) is 12.1 Å². The lowest BCUT2D eigenvalue weighted by atomic mass is 9.88. The molecule has 0 saturated heterocycles. The molecule has 278 valence electrons. The normalized spacial score (nSPS) is 21.1. The molecule has 1 amide bonds. The summed E-state index contributed by atoms with van der Waals surface area (Å²) < 4.78 is 35.8. The van der Waals surface area contributed by atoms with Crippen LogP contribution in [0.2, 0.25) is 21.6 Å². The van der Waals surface area contributed by atoms with Gasteiger partial charge in [-0.1, -0.05) is 59.2 Å². The van der Waals surface area contributed by atoms with Crippen LogP contribution in [0.1, 0.15) is 97.2 Å². The number of benzene rings is 1. The van der Waals surface area contributed by atoms with E-state index in [1.54, 1.807) is 18.2 Å². The molecular weight excluding hydrogens is 730 g/mol. The first-order chi connectivity index (χ1) is 23.9. The molecule has 5 rings (SSSR count). The Labute approximate surface area is 310 Å². The summed E-state index contributed by atoms with van der Waals surface area (Å²) in [4.78, 5) is 37.8. The summed E-state index contributed by atoms with van der Waals surface area (Å²) in [5.41, 5.74) is 3.76. The van der Waals surface area contributed by atoms with Crippen LogP contribution in [-0.2, 0) is 25.3 Å². The summed E-state index contributed by atoms with van der Waals surface area (Å²) in [7, 11) is -6.51. The van der Waals surface area contributed by atoms with E-state index < -0.39 is 30.8 Å². The minimum atomic E-state index is -4.16. The highest BCUT2D eigenvalue weighted by Gasteiger charge is 2.49. The first-order valence-corrected chi connectivity index (χ1v) is 22.1. The third-order valence-electron chi connectivity index (χ3n) is 10.5. The topological polar surface area (TPSA) is 174 Å². The van der Waals surface area contributed by atoms with Crippen LogP contribution in [0.3, 0.4) is 0 Å². The van der Waals surface area contributed by atoms with Gasteiger partial charge in [-0.25, -0.2) is 19.9 Å². The van der Waals surface area contributed by atoms with E-state index in [-0.39, 0.29) is 36.0 Å². The average Bonchev–Trinajstić information content (AvgIpc) is 3.62. The van der Waals surface area contributed by atoms with E-state index in [2.05, 4.69) is 56.8 Å². The molecule has 1 aliphatic heterocycles. The number of anilines is 1. The van der Waals surface area contributed by atoms with Crippen molar-refractivity contribution in [2.24, 2.45) is 11.1 Å². The number of rotatable bonds is 13. The van der Waals surface area contributed by atoms with Gasteiger partial charge in [0.05, 0.1) is 29.2 Å². The maximum atomic E-state index is 14.2. The standard InChI is InChI=1S/C35H48ClN5O7S2Si/c1-19(2)51(20(3)4,21(5)6)48-30-14-26(12-24(30)17-47-50(37,45)46)40-34-29(16-38-18-39-34)33(42)31-15-27(22(7)49-31)32-28-13-25(36)9-8-23(28)10-11-41(32)35(43)44/h8-9,13,15-16,18-21,24,26,30,32H,10-12,14,17H2,1-7H3,(H,43,44)(H2,37,45,46)(H,38,39,40)/t24-,26-,30+,32+/m1/s1. The van der Waals surface area contributed by atoms with Crippen LogP contribution in [0.25, 0.3) is 0 Å². The fourth-order valence-electron chi connectivity index (χ4n) is 8.32. The number of aryl methyl sites for hydroxylation is 1. The minimum absolute atomic E-state index is 0.115. The molecule has 4 N–H and O–H groups in total. The van der Waals surface area contributed by atoms with Crippen molar-refractivity contribution in [3.8, 4) is 0 Å². The molecule has 16 heteroatoms. The van der Waals surface area contributed by atoms with Crippen molar-refractivity contribution >= 4 is 59.3 Å². The molecule has 1 aliphatic carbocycles. The Morgan fingerprint density at radius 2 is 1.80 bits per heavy atom. The van der Waals surface area contributed by atoms with E-state index in [9.17, 15) is 23.1 Å². The highest BCUT2D eigenvalue weighted by molar-refractivity contribution is 7.84. The molecule has 12 nitrogen and oxygen atoms in total. The number of amides is 1. The third-order valence-corrected chi connectivity index (χ3v) is 18.4. The van der Waals surface area contributed by atoms with Crippen LogP contribution in [0.15, 0.2) is 36.8 Å². The van der Waals surface area contributed by atoms with E-state index >= 15 is 0 Å². The molecule has 2 aromatic heterocycles. The Balaban J connectivity index is 1.43. The number of nitrogens with zero attached hydrogens (tertiary/aromatic N) is 3. The van der Waals surface area contributed by atoms with Gasteiger partial charge in [-0.05, 0) is 77.7 Å². The molecule has 1 aromatic carbocycles. The fraction of sp³-hybridized carbons (Fsp3) is 0.543. The lowest BCUT2D eigenvalue weighted by Crippen LogP contribution is -2.51. The van der Waals surface area contributed by atoms with Gasteiger partial charge in [-0.2, -0.15) is 8.42 Å². The van der Waals surface area contributed by atoms with E-state index in [1.807, 2.05) is 13.0 Å². The Kier molecular flexibility index (Phi) is 12.0. The number of nitrogens with one attached hydrogen (secondary N) is 1. The van der Waals surface area contributed by atoms with Crippen LogP contribution in [0.4, 0.5) is 10.6 Å². The molecule has 1 saturated carbocycles. The largest absolute Gasteiger partial charge is 0.465 e. The maximum absolute atomic E-state index is 14.2. The monoisotopic (exact) mass is 777 g/mol. The number of carbonyl (C=O) groups is 2. The van der Waals surface area contributed by atoms with Gasteiger partial charge in [-0.3, -0.25) is 13.9 Å². The quantitative estimate of drug-likeness (QED) is 0.118. The average molecular weight is 778 g/mol. The number of nitrogens with two attached hydrogens (primary N) is 1. The molecule has 0 radical (unpaired) electrons. The summed E-state index contributed by atoms with van der Waals surface area (Å²) in [6.07, 6.45) is 3.13. The summed E-state index contributed by atoms with van der Waals surface area (Å²) in [5.74, 6) is -0.217. The van der Waals surface area contributed by atoms with Gasteiger partial charge in [0.2, 0.25) is 14.1 Å². The molecule has 0 bridgehead atoms. The SMILES string of the molecule is Cc1sc(C(=O)c2cncnc2N[C@@H]2C[C@H](COS(N)(=O)=O)[C@@H](O[Si](C(C)C)(C(C)C)C(C)C)C2)cc1[C@H]1c2cc(Cl)ccc2CCN1C(=O)O. The highest BCUT2D eigenvalue weighted by Crippen LogP contribution is 2.46. The first-order valence-electron chi connectivity index (χ1n) is 17.3. The molecular formula is C35H48ClN5O7S2Si. The molecule has 2 aliphatic rings. The first kappa shape index (κ1) is 39.3. The number of thiophene rings is 1. The van der Waals surface area contributed by atoms with E-state index in [0.717, 1.165) is 21.6 Å². The maximum Gasteiger partial charge on any atom is 0.408 e. The van der Waals surface area contributed by atoms with Crippen LogP contribution >= 0.6 is 22.9 Å². The van der Waals surface area contributed by atoms with Gasteiger partial charge >= 0.3 is 16.4 Å². The van der Waals surface area contributed by atoms with Gasteiger partial charge in [-0.15, -0.1) is 11.3 Å². The number of hydrogen-bond donors (Lipinski definition) is 3. The van der Waals surface area contributed by atoms with Crippen LogP contribution < -0.4 is 10.5 Å². The minimum Gasteiger partial charge on any atom is -0.465 e. The predicted molar refractivity (Wildman–Crippen MR) is 201 cm³/mol. The zero-order chi connectivity index (χ0) is 37.4. The Morgan fingerprint density at radius 3 is 2.43 bits per heavy atom. The van der Waals surface area contributed by atoms with Gasteiger partial charge in [0.25, 0.3) is 0 Å². The van der Waals surface area contributed by atoms with Crippen molar-refractivity contribution in [3.05, 3.63) is 73.8 Å². The number of aromatic nitrogens is 2. The van der Waals surface area contributed by atoms with Crippen LogP contribution in [0, 0.1) is 12.8 Å². The highest BCUT2D eigenvalue weighted by atomic mass is 35.5. The van der Waals surface area contributed by atoms with Crippen molar-refractivity contribution in [3.63, 3.8) is 0 Å². The molecule has 3 aromatic rings. The van der Waals surface area contributed by atoms with E-state index in [0.29, 0.717) is 58.1 Å². The van der Waals surface area contributed by atoms with Crippen LogP contribution in [-0.4, -0.2) is 73.9 Å². The summed E-state index contributed by atoms with van der Waals surface area (Å²) in [5, 5.41) is 19.3. The van der Waals surface area contributed by atoms with Gasteiger partial charge < -0.3 is 14.8 Å². The second-order valence-corrected chi connectivity index (χ2v) is 22.9. The Morgan fingerprint density at radius 1 is 1.12 bits per heavy atom. The zero-order valence-electron chi connectivity index (χ0n) is 30.1. The smallest absolute Gasteiger partial charge is 0.408 e. The molecule has 1 fully saturated rings. The third kappa shape index (κ3) is 8.34.